The third kappa shape index (κ3) is 2.48. The van der Waals surface area contributed by atoms with Gasteiger partial charge < -0.3 is 14.6 Å². The van der Waals surface area contributed by atoms with Gasteiger partial charge in [0.25, 0.3) is 0 Å². The van der Waals surface area contributed by atoms with Crippen LogP contribution in [0.4, 0.5) is 0 Å². The van der Waals surface area contributed by atoms with Gasteiger partial charge in [-0.2, -0.15) is 0 Å². The fourth-order valence-electron chi connectivity index (χ4n) is 2.33. The first-order valence-electron chi connectivity index (χ1n) is 6.67. The molecule has 0 fully saturated rings. The van der Waals surface area contributed by atoms with E-state index >= 15 is 0 Å². The number of aromatic hydroxyl groups is 2. The van der Waals surface area contributed by atoms with Gasteiger partial charge in [-0.3, -0.25) is 4.79 Å². The van der Waals surface area contributed by atoms with Crippen molar-refractivity contribution in [3.8, 4) is 11.5 Å². The van der Waals surface area contributed by atoms with Crippen LogP contribution < -0.4 is 5.43 Å². The number of benzene rings is 2. The lowest BCUT2D eigenvalue weighted by Gasteiger charge is -2.06. The van der Waals surface area contributed by atoms with E-state index in [0.717, 1.165) is 5.56 Å². The maximum Gasteiger partial charge on any atom is 0.238 e. The maximum absolute atomic E-state index is 12.1. The highest BCUT2D eigenvalue weighted by atomic mass is 16.4. The van der Waals surface area contributed by atoms with E-state index in [4.69, 9.17) is 4.42 Å². The van der Waals surface area contributed by atoms with Gasteiger partial charge in [0, 0.05) is 6.42 Å². The zero-order chi connectivity index (χ0) is 14.8. The van der Waals surface area contributed by atoms with E-state index in [2.05, 4.69) is 0 Å². The molecular weight excluding hydrogens is 268 g/mol. The van der Waals surface area contributed by atoms with Gasteiger partial charge in [0.2, 0.25) is 11.2 Å². The molecule has 0 saturated carbocycles. The number of phenols is 1. The minimum Gasteiger partial charge on any atom is -0.507 e. The number of phenolic OH excluding ortho intramolecular Hbond substituents is 1. The molecule has 1 heterocycles. The second-order valence-electron chi connectivity index (χ2n) is 4.84. The monoisotopic (exact) mass is 282 g/mol. The van der Waals surface area contributed by atoms with Gasteiger partial charge in [0.15, 0.2) is 5.76 Å². The Kier molecular flexibility index (Phi) is 3.36. The lowest BCUT2D eigenvalue weighted by Crippen LogP contribution is -2.05. The van der Waals surface area contributed by atoms with Gasteiger partial charge >= 0.3 is 0 Å². The number of hydrogen-bond acceptors (Lipinski definition) is 4. The van der Waals surface area contributed by atoms with Gasteiger partial charge in [0.1, 0.15) is 16.7 Å². The summed E-state index contributed by atoms with van der Waals surface area (Å²) in [5.41, 5.74) is 0.772. The fraction of sp³-hybridized carbons (Fsp3) is 0.118. The van der Waals surface area contributed by atoms with Crippen LogP contribution in [-0.4, -0.2) is 10.2 Å². The second-order valence-corrected chi connectivity index (χ2v) is 4.84. The molecule has 2 N–H and O–H groups in total. The molecule has 4 heteroatoms. The smallest absolute Gasteiger partial charge is 0.238 e. The van der Waals surface area contributed by atoms with E-state index in [9.17, 15) is 15.0 Å². The number of hydrogen-bond donors (Lipinski definition) is 2. The minimum absolute atomic E-state index is 0.0125. The maximum atomic E-state index is 12.1. The summed E-state index contributed by atoms with van der Waals surface area (Å²) in [6.07, 6.45) is 1.07. The number of fused-ring (bicyclic) bond motifs is 1. The van der Waals surface area contributed by atoms with Gasteiger partial charge in [-0.15, -0.1) is 0 Å². The van der Waals surface area contributed by atoms with Crippen molar-refractivity contribution in [1.29, 1.82) is 0 Å². The molecule has 4 nitrogen and oxygen atoms in total. The van der Waals surface area contributed by atoms with Gasteiger partial charge in [-0.25, -0.2) is 0 Å². The van der Waals surface area contributed by atoms with E-state index in [1.54, 1.807) is 12.1 Å². The highest BCUT2D eigenvalue weighted by Crippen LogP contribution is 2.26. The largest absolute Gasteiger partial charge is 0.507 e. The third-order valence-electron chi connectivity index (χ3n) is 3.43. The zero-order valence-electron chi connectivity index (χ0n) is 11.2. The molecular formula is C17H14O4. The van der Waals surface area contributed by atoms with Crippen LogP contribution in [0.2, 0.25) is 0 Å². The molecule has 106 valence electrons. The van der Waals surface area contributed by atoms with Crippen LogP contribution in [-0.2, 0) is 12.8 Å². The first-order valence-corrected chi connectivity index (χ1v) is 6.67. The summed E-state index contributed by atoms with van der Waals surface area (Å²) in [5.74, 6) is -0.381. The summed E-state index contributed by atoms with van der Waals surface area (Å²) in [5, 5.41) is 19.7. The van der Waals surface area contributed by atoms with Gasteiger partial charge in [-0.05, 0) is 24.1 Å². The molecule has 0 aliphatic heterocycles. The highest BCUT2D eigenvalue weighted by Gasteiger charge is 2.15. The van der Waals surface area contributed by atoms with Crippen LogP contribution in [0.25, 0.3) is 11.0 Å². The van der Waals surface area contributed by atoms with Crippen LogP contribution in [0.15, 0.2) is 57.7 Å². The topological polar surface area (TPSA) is 70.7 Å². The van der Waals surface area contributed by atoms with Crippen molar-refractivity contribution >= 4 is 11.0 Å². The third-order valence-corrected chi connectivity index (χ3v) is 3.43. The first-order chi connectivity index (χ1) is 10.2. The quantitative estimate of drug-likeness (QED) is 0.774. The summed E-state index contributed by atoms with van der Waals surface area (Å²) in [7, 11) is 0. The van der Waals surface area contributed by atoms with Crippen molar-refractivity contribution in [3.05, 3.63) is 70.1 Å². The van der Waals surface area contributed by atoms with Crippen molar-refractivity contribution in [2.75, 3.05) is 0 Å². The highest BCUT2D eigenvalue weighted by molar-refractivity contribution is 5.84. The minimum atomic E-state index is -0.600. The normalized spacial score (nSPS) is 10.9. The molecule has 1 aromatic heterocycles. The summed E-state index contributed by atoms with van der Waals surface area (Å²) >= 11 is 0. The molecule has 0 saturated heterocycles. The van der Waals surface area contributed by atoms with E-state index in [-0.39, 0.29) is 22.5 Å². The standard InChI is InChI=1S/C17H14O4/c18-12-7-4-8-13-15(12)17(20)16(19)14(21-13)10-9-11-5-2-1-3-6-11/h1-8,18-19H,9-10H2. The van der Waals surface area contributed by atoms with E-state index in [0.29, 0.717) is 12.8 Å². The fourth-order valence-corrected chi connectivity index (χ4v) is 2.33. The molecule has 0 radical (unpaired) electrons. The Balaban J connectivity index is 2.00. The van der Waals surface area contributed by atoms with E-state index < -0.39 is 11.2 Å². The summed E-state index contributed by atoms with van der Waals surface area (Å²) in [6.45, 7) is 0. The van der Waals surface area contributed by atoms with Crippen molar-refractivity contribution in [3.63, 3.8) is 0 Å². The van der Waals surface area contributed by atoms with Crippen LogP contribution in [0, 0.1) is 0 Å². The Morgan fingerprint density at radius 1 is 0.905 bits per heavy atom. The molecule has 21 heavy (non-hydrogen) atoms. The lowest BCUT2D eigenvalue weighted by molar-refractivity contribution is 0.414. The van der Waals surface area contributed by atoms with Crippen LogP contribution in [0.5, 0.6) is 11.5 Å². The SMILES string of the molecule is O=c1c(O)c(CCc2ccccc2)oc2cccc(O)c12. The van der Waals surface area contributed by atoms with Crippen LogP contribution >= 0.6 is 0 Å². The van der Waals surface area contributed by atoms with Gasteiger partial charge in [0.05, 0.1) is 0 Å². The van der Waals surface area contributed by atoms with E-state index in [1.165, 1.54) is 6.07 Å². The second kappa shape index (κ2) is 5.32. The van der Waals surface area contributed by atoms with Gasteiger partial charge in [-0.1, -0.05) is 36.4 Å². The van der Waals surface area contributed by atoms with E-state index in [1.807, 2.05) is 30.3 Å². The Hall–Kier alpha value is -2.75. The Morgan fingerprint density at radius 3 is 2.43 bits per heavy atom. The average molecular weight is 282 g/mol. The lowest BCUT2D eigenvalue weighted by atomic mass is 10.1. The average Bonchev–Trinajstić information content (AvgIpc) is 2.50. The molecule has 0 amide bonds. The van der Waals surface area contributed by atoms with Crippen molar-refractivity contribution < 1.29 is 14.6 Å². The molecule has 3 aromatic rings. The zero-order valence-corrected chi connectivity index (χ0v) is 11.2. The molecule has 0 spiro atoms. The molecule has 0 aliphatic carbocycles. The molecule has 3 rings (SSSR count). The molecule has 2 aromatic carbocycles. The Labute approximate surface area is 120 Å². The number of aryl methyl sites for hydroxylation is 2. The van der Waals surface area contributed by atoms with Crippen LogP contribution in [0.3, 0.4) is 0 Å². The van der Waals surface area contributed by atoms with Crippen molar-refractivity contribution in [2.24, 2.45) is 0 Å². The predicted molar refractivity (Wildman–Crippen MR) is 79.7 cm³/mol. The Morgan fingerprint density at radius 2 is 1.67 bits per heavy atom. The van der Waals surface area contributed by atoms with Crippen molar-refractivity contribution in [2.45, 2.75) is 12.8 Å². The summed E-state index contributed by atoms with van der Waals surface area (Å²) < 4.78 is 5.57. The van der Waals surface area contributed by atoms with Crippen LogP contribution in [0.1, 0.15) is 11.3 Å². The molecule has 0 unspecified atom stereocenters. The Bertz CT molecular complexity index is 835. The summed E-state index contributed by atoms with van der Waals surface area (Å²) in [6, 6.07) is 14.3. The predicted octanol–water partition coefficient (Wildman–Crippen LogP) is 2.99. The molecule has 0 bridgehead atoms. The molecule has 0 aliphatic rings. The number of rotatable bonds is 3. The van der Waals surface area contributed by atoms with Crippen molar-refractivity contribution in [1.82, 2.24) is 0 Å². The molecule has 0 atom stereocenters. The first kappa shape index (κ1) is 13.2. The summed E-state index contributed by atoms with van der Waals surface area (Å²) in [4.78, 5) is 12.1.